The van der Waals surface area contributed by atoms with E-state index in [9.17, 15) is 9.59 Å². The summed E-state index contributed by atoms with van der Waals surface area (Å²) >= 11 is 0. The van der Waals surface area contributed by atoms with Crippen molar-refractivity contribution in [2.45, 2.75) is 19.9 Å². The minimum absolute atomic E-state index is 0.243. The van der Waals surface area contributed by atoms with E-state index in [2.05, 4.69) is 10.6 Å². The molecular formula is C19H22N2O4. The highest BCUT2D eigenvalue weighted by molar-refractivity contribution is 6.39. The quantitative estimate of drug-likeness (QED) is 0.759. The van der Waals surface area contributed by atoms with Crippen molar-refractivity contribution in [2.75, 3.05) is 19.0 Å². The molecule has 0 atom stereocenters. The van der Waals surface area contributed by atoms with Crippen LogP contribution in [0.3, 0.4) is 0 Å². The number of hydrogen-bond acceptors (Lipinski definition) is 4. The Morgan fingerprint density at radius 2 is 1.76 bits per heavy atom. The van der Waals surface area contributed by atoms with Crippen molar-refractivity contribution in [1.82, 2.24) is 5.32 Å². The van der Waals surface area contributed by atoms with Crippen LogP contribution in [0.2, 0.25) is 0 Å². The number of ether oxygens (including phenoxy) is 2. The molecule has 25 heavy (non-hydrogen) atoms. The second-order valence-corrected chi connectivity index (χ2v) is 5.36. The first-order valence-corrected chi connectivity index (χ1v) is 8.07. The summed E-state index contributed by atoms with van der Waals surface area (Å²) in [4.78, 5) is 23.8. The molecule has 0 saturated carbocycles. The Kier molecular flexibility index (Phi) is 6.83. The average Bonchev–Trinajstić information content (AvgIpc) is 2.65. The van der Waals surface area contributed by atoms with Crippen LogP contribution in [0.4, 0.5) is 5.69 Å². The summed E-state index contributed by atoms with van der Waals surface area (Å²) in [5.74, 6) is 0.00293. The van der Waals surface area contributed by atoms with Crippen LogP contribution in [0.5, 0.6) is 11.5 Å². The molecule has 2 N–H and O–H groups in total. The summed E-state index contributed by atoms with van der Waals surface area (Å²) in [7, 11) is 1.57. The molecule has 132 valence electrons. The standard InChI is InChI=1S/C19H22N2O4/c1-3-11-25-16-9-7-15(8-10-16)21-19(23)18(22)20-13-14-5-4-6-17(12-14)24-2/h4-10,12H,3,11,13H2,1-2H3,(H,20,22)(H,21,23). The van der Waals surface area contributed by atoms with Gasteiger partial charge in [0.15, 0.2) is 0 Å². The van der Waals surface area contributed by atoms with Gasteiger partial charge in [0, 0.05) is 12.2 Å². The third-order valence-electron chi connectivity index (χ3n) is 3.38. The Morgan fingerprint density at radius 1 is 1.00 bits per heavy atom. The van der Waals surface area contributed by atoms with Crippen LogP contribution >= 0.6 is 0 Å². The van der Waals surface area contributed by atoms with Gasteiger partial charge in [-0.25, -0.2) is 0 Å². The number of hydrogen-bond donors (Lipinski definition) is 2. The van der Waals surface area contributed by atoms with E-state index in [1.165, 1.54) is 0 Å². The van der Waals surface area contributed by atoms with Gasteiger partial charge >= 0.3 is 11.8 Å². The van der Waals surface area contributed by atoms with Crippen LogP contribution in [0.1, 0.15) is 18.9 Å². The van der Waals surface area contributed by atoms with Gasteiger partial charge in [-0.15, -0.1) is 0 Å². The molecule has 0 spiro atoms. The molecule has 2 aromatic carbocycles. The van der Waals surface area contributed by atoms with Crippen molar-refractivity contribution in [2.24, 2.45) is 0 Å². The molecule has 2 rings (SSSR count). The van der Waals surface area contributed by atoms with Crippen molar-refractivity contribution < 1.29 is 19.1 Å². The van der Waals surface area contributed by atoms with E-state index >= 15 is 0 Å². The summed E-state index contributed by atoms with van der Waals surface area (Å²) in [6.07, 6.45) is 0.923. The van der Waals surface area contributed by atoms with E-state index < -0.39 is 11.8 Å². The van der Waals surface area contributed by atoms with E-state index in [0.717, 1.165) is 17.7 Å². The van der Waals surface area contributed by atoms with Crippen LogP contribution in [0, 0.1) is 0 Å². The summed E-state index contributed by atoms with van der Waals surface area (Å²) in [5.41, 5.74) is 1.38. The first-order chi connectivity index (χ1) is 12.1. The number of rotatable bonds is 7. The van der Waals surface area contributed by atoms with Crippen molar-refractivity contribution in [3.05, 3.63) is 54.1 Å². The van der Waals surface area contributed by atoms with Crippen molar-refractivity contribution in [3.8, 4) is 11.5 Å². The molecule has 2 aromatic rings. The minimum Gasteiger partial charge on any atom is -0.497 e. The fourth-order valence-electron chi connectivity index (χ4n) is 2.09. The van der Waals surface area contributed by atoms with E-state index in [4.69, 9.17) is 9.47 Å². The van der Waals surface area contributed by atoms with Crippen molar-refractivity contribution in [1.29, 1.82) is 0 Å². The molecule has 0 radical (unpaired) electrons. The largest absolute Gasteiger partial charge is 0.497 e. The maximum Gasteiger partial charge on any atom is 0.313 e. The fraction of sp³-hybridized carbons (Fsp3) is 0.263. The molecule has 0 fully saturated rings. The second-order valence-electron chi connectivity index (χ2n) is 5.36. The van der Waals surface area contributed by atoms with E-state index in [-0.39, 0.29) is 6.54 Å². The fourth-order valence-corrected chi connectivity index (χ4v) is 2.09. The Balaban J connectivity index is 1.84. The molecule has 6 nitrogen and oxygen atoms in total. The van der Waals surface area contributed by atoms with Gasteiger partial charge in [-0.2, -0.15) is 0 Å². The third-order valence-corrected chi connectivity index (χ3v) is 3.38. The molecule has 0 heterocycles. The van der Waals surface area contributed by atoms with E-state index in [1.807, 2.05) is 25.1 Å². The zero-order chi connectivity index (χ0) is 18.1. The second kappa shape index (κ2) is 9.32. The molecule has 0 aliphatic carbocycles. The van der Waals surface area contributed by atoms with Crippen LogP contribution in [-0.2, 0) is 16.1 Å². The van der Waals surface area contributed by atoms with Crippen molar-refractivity contribution >= 4 is 17.5 Å². The first-order valence-electron chi connectivity index (χ1n) is 8.07. The Labute approximate surface area is 147 Å². The Hall–Kier alpha value is -3.02. The maximum absolute atomic E-state index is 11.9. The van der Waals surface area contributed by atoms with Crippen LogP contribution < -0.4 is 20.1 Å². The lowest BCUT2D eigenvalue weighted by molar-refractivity contribution is -0.136. The SMILES string of the molecule is CCCOc1ccc(NC(=O)C(=O)NCc2cccc(OC)c2)cc1. The molecule has 0 aliphatic heterocycles. The zero-order valence-corrected chi connectivity index (χ0v) is 14.4. The molecule has 6 heteroatoms. The normalized spacial score (nSPS) is 10.0. The van der Waals surface area contributed by atoms with Gasteiger partial charge < -0.3 is 20.1 Å². The lowest BCUT2D eigenvalue weighted by Gasteiger charge is -2.09. The number of nitrogens with one attached hydrogen (secondary N) is 2. The number of methoxy groups -OCH3 is 1. The predicted octanol–water partition coefficient (Wildman–Crippen LogP) is 2.74. The zero-order valence-electron chi connectivity index (χ0n) is 14.4. The number of carbonyl (C=O) groups is 2. The number of amides is 2. The molecule has 0 bridgehead atoms. The summed E-state index contributed by atoms with van der Waals surface area (Å²) < 4.78 is 10.6. The van der Waals surface area contributed by atoms with Gasteiger partial charge in [0.25, 0.3) is 0 Å². The lowest BCUT2D eigenvalue weighted by Crippen LogP contribution is -2.34. The average molecular weight is 342 g/mol. The molecule has 0 aliphatic rings. The number of anilines is 1. The molecule has 2 amide bonds. The van der Waals surface area contributed by atoms with Crippen molar-refractivity contribution in [3.63, 3.8) is 0 Å². The lowest BCUT2D eigenvalue weighted by atomic mass is 10.2. The molecule has 0 unspecified atom stereocenters. The smallest absolute Gasteiger partial charge is 0.313 e. The van der Waals surface area contributed by atoms with Crippen LogP contribution in [0.15, 0.2) is 48.5 Å². The molecular weight excluding hydrogens is 320 g/mol. The van der Waals surface area contributed by atoms with Gasteiger partial charge in [0.1, 0.15) is 11.5 Å². The summed E-state index contributed by atoms with van der Waals surface area (Å²) in [6, 6.07) is 14.2. The highest BCUT2D eigenvalue weighted by Gasteiger charge is 2.13. The maximum atomic E-state index is 11.9. The van der Waals surface area contributed by atoms with Gasteiger partial charge in [0.05, 0.1) is 13.7 Å². The minimum atomic E-state index is -0.717. The molecule has 0 aromatic heterocycles. The van der Waals surface area contributed by atoms with Gasteiger partial charge in [-0.3, -0.25) is 9.59 Å². The van der Waals surface area contributed by atoms with Gasteiger partial charge in [-0.1, -0.05) is 19.1 Å². The number of benzene rings is 2. The highest BCUT2D eigenvalue weighted by atomic mass is 16.5. The summed E-state index contributed by atoms with van der Waals surface area (Å²) in [5, 5.41) is 5.13. The van der Waals surface area contributed by atoms with Crippen LogP contribution in [-0.4, -0.2) is 25.5 Å². The number of carbonyl (C=O) groups excluding carboxylic acids is 2. The predicted molar refractivity (Wildman–Crippen MR) is 95.7 cm³/mol. The molecule has 0 saturated heterocycles. The Bertz CT molecular complexity index is 714. The Morgan fingerprint density at radius 3 is 2.44 bits per heavy atom. The van der Waals surface area contributed by atoms with Crippen LogP contribution in [0.25, 0.3) is 0 Å². The highest BCUT2D eigenvalue weighted by Crippen LogP contribution is 2.16. The van der Waals surface area contributed by atoms with E-state index in [1.54, 1.807) is 37.4 Å². The monoisotopic (exact) mass is 342 g/mol. The first kappa shape index (κ1) is 18.3. The van der Waals surface area contributed by atoms with Gasteiger partial charge in [-0.05, 0) is 48.4 Å². The summed E-state index contributed by atoms with van der Waals surface area (Å²) in [6.45, 7) is 2.91. The topological polar surface area (TPSA) is 76.7 Å². The van der Waals surface area contributed by atoms with Gasteiger partial charge in [0.2, 0.25) is 0 Å². The third kappa shape index (κ3) is 5.84. The van der Waals surface area contributed by atoms with E-state index in [0.29, 0.717) is 18.0 Å².